The van der Waals surface area contributed by atoms with Crippen molar-refractivity contribution in [2.75, 3.05) is 19.3 Å². The Labute approximate surface area is 123 Å². The van der Waals surface area contributed by atoms with Crippen molar-refractivity contribution < 1.29 is 13.2 Å². The van der Waals surface area contributed by atoms with Crippen LogP contribution in [0.4, 0.5) is 0 Å². The van der Waals surface area contributed by atoms with Crippen molar-refractivity contribution in [1.82, 2.24) is 10.0 Å². The van der Waals surface area contributed by atoms with E-state index in [1.54, 1.807) is 0 Å². The van der Waals surface area contributed by atoms with E-state index >= 15 is 0 Å². The maximum Gasteiger partial charge on any atom is 0.261 e. The third-order valence-electron chi connectivity index (χ3n) is 3.52. The molecule has 1 aromatic heterocycles. The number of sulfonamides is 1. The molecule has 2 N–H and O–H groups in total. The van der Waals surface area contributed by atoms with Crippen molar-refractivity contribution in [3.8, 4) is 0 Å². The highest BCUT2D eigenvalue weighted by atomic mass is 32.2. The predicted octanol–water partition coefficient (Wildman–Crippen LogP) is 1.15. The molecule has 2 rings (SSSR count). The molecule has 1 heterocycles. The normalized spacial score (nSPS) is 18.6. The second kappa shape index (κ2) is 6.24. The number of fused-ring (bicyclic) bond motifs is 1. The average molecular weight is 316 g/mol. The Hall–Kier alpha value is -0.920. The minimum Gasteiger partial charge on any atom is -0.350 e. The second-order valence-electron chi connectivity index (χ2n) is 5.19. The third kappa shape index (κ3) is 3.80. The summed E-state index contributed by atoms with van der Waals surface area (Å²) in [6.07, 6.45) is 3.25. The van der Waals surface area contributed by atoms with Gasteiger partial charge < -0.3 is 5.32 Å². The van der Waals surface area contributed by atoms with Crippen molar-refractivity contribution in [2.24, 2.45) is 5.92 Å². The van der Waals surface area contributed by atoms with Crippen LogP contribution in [0.3, 0.4) is 0 Å². The van der Waals surface area contributed by atoms with Crippen LogP contribution in [0.15, 0.2) is 6.07 Å². The van der Waals surface area contributed by atoms with Crippen LogP contribution in [0.1, 0.15) is 33.5 Å². The van der Waals surface area contributed by atoms with Gasteiger partial charge in [-0.05, 0) is 43.9 Å². The summed E-state index contributed by atoms with van der Waals surface area (Å²) in [6.45, 7) is 2.35. The molecule has 1 unspecified atom stereocenters. The molecule has 1 aromatic rings. The van der Waals surface area contributed by atoms with E-state index in [1.807, 2.05) is 6.07 Å². The van der Waals surface area contributed by atoms with Crippen LogP contribution in [-0.4, -0.2) is 33.7 Å². The summed E-state index contributed by atoms with van der Waals surface area (Å²) in [4.78, 5) is 14.0. The molecule has 1 aliphatic carbocycles. The highest BCUT2D eigenvalue weighted by molar-refractivity contribution is 7.89. The number of rotatable bonds is 5. The van der Waals surface area contributed by atoms with E-state index in [2.05, 4.69) is 17.0 Å². The lowest BCUT2D eigenvalue weighted by atomic mass is 9.90. The van der Waals surface area contributed by atoms with Gasteiger partial charge in [0.2, 0.25) is 10.0 Å². The summed E-state index contributed by atoms with van der Waals surface area (Å²) in [7, 11) is -1.90. The quantitative estimate of drug-likeness (QED) is 0.856. The van der Waals surface area contributed by atoms with Crippen LogP contribution in [0.5, 0.6) is 0 Å². The van der Waals surface area contributed by atoms with Crippen LogP contribution in [-0.2, 0) is 22.9 Å². The van der Waals surface area contributed by atoms with E-state index in [9.17, 15) is 13.2 Å². The largest absolute Gasteiger partial charge is 0.350 e. The number of thiophene rings is 1. The van der Waals surface area contributed by atoms with Gasteiger partial charge in [0.15, 0.2) is 0 Å². The fourth-order valence-corrected chi connectivity index (χ4v) is 4.01. The molecule has 0 aliphatic heterocycles. The van der Waals surface area contributed by atoms with Crippen molar-refractivity contribution in [3.05, 3.63) is 21.4 Å². The topological polar surface area (TPSA) is 75.3 Å². The Morgan fingerprint density at radius 3 is 2.95 bits per heavy atom. The Morgan fingerprint density at radius 1 is 1.50 bits per heavy atom. The van der Waals surface area contributed by atoms with Gasteiger partial charge in [-0.25, -0.2) is 13.1 Å². The van der Waals surface area contributed by atoms with E-state index in [0.717, 1.165) is 12.8 Å². The zero-order chi connectivity index (χ0) is 14.8. The maximum absolute atomic E-state index is 12.0. The van der Waals surface area contributed by atoms with Crippen LogP contribution in [0.2, 0.25) is 0 Å². The number of hydrogen-bond donors (Lipinski definition) is 2. The van der Waals surface area contributed by atoms with Gasteiger partial charge in [-0.15, -0.1) is 11.3 Å². The lowest BCUT2D eigenvalue weighted by molar-refractivity contribution is 0.0960. The van der Waals surface area contributed by atoms with E-state index in [4.69, 9.17) is 0 Å². The molecule has 0 bridgehead atoms. The maximum atomic E-state index is 12.0. The summed E-state index contributed by atoms with van der Waals surface area (Å²) < 4.78 is 24.7. The minimum atomic E-state index is -3.27. The first-order chi connectivity index (χ1) is 9.41. The molecule has 112 valence electrons. The zero-order valence-corrected chi connectivity index (χ0v) is 13.4. The Balaban J connectivity index is 1.94. The van der Waals surface area contributed by atoms with Crippen molar-refractivity contribution >= 4 is 27.3 Å². The number of carbonyl (C=O) groups is 1. The first kappa shape index (κ1) is 15.5. The molecule has 1 aliphatic rings. The van der Waals surface area contributed by atoms with Gasteiger partial charge in [0.25, 0.3) is 5.91 Å². The van der Waals surface area contributed by atoms with Gasteiger partial charge >= 0.3 is 0 Å². The number of hydrogen-bond acceptors (Lipinski definition) is 4. The van der Waals surface area contributed by atoms with Gasteiger partial charge in [0, 0.05) is 11.4 Å². The molecule has 0 radical (unpaired) electrons. The van der Waals surface area contributed by atoms with Gasteiger partial charge in [-0.1, -0.05) is 6.92 Å². The van der Waals surface area contributed by atoms with Gasteiger partial charge in [0.05, 0.1) is 10.6 Å². The fraction of sp³-hybridized carbons (Fsp3) is 0.615. The van der Waals surface area contributed by atoms with Crippen LogP contribution >= 0.6 is 11.3 Å². The first-order valence-electron chi connectivity index (χ1n) is 6.72. The number of aryl methyl sites for hydroxylation is 1. The third-order valence-corrected chi connectivity index (χ3v) is 6.12. The molecule has 7 heteroatoms. The first-order valence-corrected chi connectivity index (χ1v) is 9.19. The lowest BCUT2D eigenvalue weighted by Gasteiger charge is -2.16. The van der Waals surface area contributed by atoms with Crippen LogP contribution < -0.4 is 10.0 Å². The molecule has 5 nitrogen and oxygen atoms in total. The summed E-state index contributed by atoms with van der Waals surface area (Å²) in [5.74, 6) is 0.398. The predicted molar refractivity (Wildman–Crippen MR) is 80.7 cm³/mol. The molecule has 0 saturated carbocycles. The van der Waals surface area contributed by atoms with Crippen LogP contribution in [0.25, 0.3) is 0 Å². The van der Waals surface area contributed by atoms with E-state index in [0.29, 0.717) is 10.8 Å². The molecule has 1 amide bonds. The standard InChI is InChI=1S/C13H20N2O3S2/c1-9-3-4-11-10(7-9)8-12(19-11)13(16)15-5-6-20(17,18)14-2/h8-9,14H,3-7H2,1-2H3,(H,15,16). The summed E-state index contributed by atoms with van der Waals surface area (Å²) >= 11 is 1.53. The SMILES string of the molecule is CNS(=O)(=O)CCNC(=O)c1cc2c(s1)CCC(C)C2. The van der Waals surface area contributed by atoms with Crippen LogP contribution in [0, 0.1) is 5.92 Å². The molecule has 0 fully saturated rings. The van der Waals surface area contributed by atoms with Crippen molar-refractivity contribution in [2.45, 2.75) is 26.2 Å². The number of amides is 1. The molecular weight excluding hydrogens is 296 g/mol. The average Bonchev–Trinajstić information content (AvgIpc) is 2.81. The monoisotopic (exact) mass is 316 g/mol. The second-order valence-corrected chi connectivity index (χ2v) is 8.37. The molecule has 1 atom stereocenters. The zero-order valence-electron chi connectivity index (χ0n) is 11.7. The number of carbonyl (C=O) groups excluding carboxylic acids is 1. The highest BCUT2D eigenvalue weighted by Crippen LogP contribution is 2.32. The van der Waals surface area contributed by atoms with E-state index in [-0.39, 0.29) is 18.2 Å². The Morgan fingerprint density at radius 2 is 2.25 bits per heavy atom. The van der Waals surface area contributed by atoms with Gasteiger partial charge in [-0.2, -0.15) is 0 Å². The lowest BCUT2D eigenvalue weighted by Crippen LogP contribution is -2.32. The molecule has 0 saturated heterocycles. The van der Waals surface area contributed by atoms with Crippen molar-refractivity contribution in [3.63, 3.8) is 0 Å². The highest BCUT2D eigenvalue weighted by Gasteiger charge is 2.20. The Kier molecular flexibility index (Phi) is 4.82. The minimum absolute atomic E-state index is 0.0998. The van der Waals surface area contributed by atoms with Crippen molar-refractivity contribution in [1.29, 1.82) is 0 Å². The van der Waals surface area contributed by atoms with Gasteiger partial charge in [-0.3, -0.25) is 4.79 Å². The molecular formula is C13H20N2O3S2. The van der Waals surface area contributed by atoms with E-state index in [1.165, 1.54) is 35.2 Å². The smallest absolute Gasteiger partial charge is 0.261 e. The Bertz CT molecular complexity index is 593. The van der Waals surface area contributed by atoms with Gasteiger partial charge in [0.1, 0.15) is 0 Å². The molecule has 20 heavy (non-hydrogen) atoms. The molecule has 0 aromatic carbocycles. The summed E-state index contributed by atoms with van der Waals surface area (Å²) in [6, 6.07) is 1.96. The van der Waals surface area contributed by atoms with E-state index < -0.39 is 10.0 Å². The summed E-state index contributed by atoms with van der Waals surface area (Å²) in [5.41, 5.74) is 1.28. The summed E-state index contributed by atoms with van der Waals surface area (Å²) in [5, 5.41) is 2.66. The number of nitrogens with one attached hydrogen (secondary N) is 2. The fourth-order valence-electron chi connectivity index (χ4n) is 2.31. The molecule has 0 spiro atoms.